The Morgan fingerprint density at radius 2 is 1.78 bits per heavy atom. The summed E-state index contributed by atoms with van der Waals surface area (Å²) >= 11 is 3.33. The summed E-state index contributed by atoms with van der Waals surface area (Å²) in [7, 11) is 0. The van der Waals surface area contributed by atoms with Gasteiger partial charge in [0.1, 0.15) is 12.1 Å². The second kappa shape index (κ2) is 5.31. The smallest absolute Gasteiger partial charge is 0.101 e. The molecule has 1 aromatic heterocycles. The van der Waals surface area contributed by atoms with Gasteiger partial charge in [-0.05, 0) is 40.2 Å². The average molecular weight is 299 g/mol. The Bertz CT molecular complexity index is 667. The third-order valence-electron chi connectivity index (χ3n) is 2.25. The summed E-state index contributed by atoms with van der Waals surface area (Å²) in [5.74, 6) is 0. The van der Waals surface area contributed by atoms with E-state index in [1.807, 2.05) is 18.2 Å². The molecule has 0 saturated heterocycles. The van der Waals surface area contributed by atoms with Crippen LogP contribution < -0.4 is 5.32 Å². The van der Waals surface area contributed by atoms with Crippen molar-refractivity contribution in [3.05, 3.63) is 52.3 Å². The first-order chi connectivity index (χ1) is 8.72. The maximum atomic E-state index is 8.94. The minimum atomic E-state index is 0.352. The molecule has 18 heavy (non-hydrogen) atoms. The number of aromatic nitrogens is 1. The van der Waals surface area contributed by atoms with E-state index in [1.165, 1.54) is 0 Å². The quantitative estimate of drug-likeness (QED) is 0.923. The molecule has 4 nitrogen and oxygen atoms in total. The van der Waals surface area contributed by atoms with Gasteiger partial charge in [0.2, 0.25) is 0 Å². The Hall–Kier alpha value is -2.37. The van der Waals surface area contributed by atoms with Crippen LogP contribution in [0.5, 0.6) is 0 Å². The monoisotopic (exact) mass is 298 g/mol. The van der Waals surface area contributed by atoms with Crippen molar-refractivity contribution < 1.29 is 0 Å². The number of nitrogens with one attached hydrogen (secondary N) is 1. The van der Waals surface area contributed by atoms with E-state index in [0.717, 1.165) is 15.8 Å². The average Bonchev–Trinajstić information content (AvgIpc) is 2.38. The third kappa shape index (κ3) is 2.65. The van der Waals surface area contributed by atoms with Crippen molar-refractivity contribution in [1.82, 2.24) is 4.98 Å². The molecule has 0 atom stereocenters. The van der Waals surface area contributed by atoms with Crippen LogP contribution in [0.1, 0.15) is 11.1 Å². The maximum absolute atomic E-state index is 8.94. The number of rotatable bonds is 2. The number of nitriles is 2. The van der Waals surface area contributed by atoms with E-state index in [9.17, 15) is 0 Å². The van der Waals surface area contributed by atoms with Crippen LogP contribution in [-0.4, -0.2) is 4.98 Å². The molecule has 0 fully saturated rings. The molecule has 86 valence electrons. The van der Waals surface area contributed by atoms with Crippen molar-refractivity contribution in [2.24, 2.45) is 0 Å². The fourth-order valence-corrected chi connectivity index (χ4v) is 1.82. The van der Waals surface area contributed by atoms with Crippen LogP contribution >= 0.6 is 15.9 Å². The Labute approximate surface area is 113 Å². The summed E-state index contributed by atoms with van der Waals surface area (Å²) in [4.78, 5) is 4.03. The predicted molar refractivity (Wildman–Crippen MR) is 71.1 cm³/mol. The molecule has 0 spiro atoms. The Balaban J connectivity index is 2.31. The van der Waals surface area contributed by atoms with Crippen molar-refractivity contribution >= 4 is 27.3 Å². The zero-order chi connectivity index (χ0) is 13.0. The highest BCUT2D eigenvalue weighted by molar-refractivity contribution is 9.10. The standard InChI is InChI=1S/C13H7BrN4/c14-11-4-13(8-17-7-11)18-12-2-1-9(5-15)10(3-12)6-16/h1-4,7-8,18H. The molecule has 2 aromatic rings. The number of hydrogen-bond acceptors (Lipinski definition) is 4. The number of hydrogen-bond donors (Lipinski definition) is 1. The molecule has 0 unspecified atom stereocenters. The van der Waals surface area contributed by atoms with Crippen molar-refractivity contribution in [3.63, 3.8) is 0 Å². The number of benzene rings is 1. The number of anilines is 2. The van der Waals surface area contributed by atoms with Crippen LogP contribution in [0.4, 0.5) is 11.4 Å². The lowest BCUT2D eigenvalue weighted by molar-refractivity contribution is 1.30. The van der Waals surface area contributed by atoms with Gasteiger partial charge < -0.3 is 5.32 Å². The van der Waals surface area contributed by atoms with Crippen molar-refractivity contribution in [1.29, 1.82) is 10.5 Å². The molecular formula is C13H7BrN4. The summed E-state index contributed by atoms with van der Waals surface area (Å²) in [5, 5.41) is 20.9. The first kappa shape index (κ1) is 12.1. The summed E-state index contributed by atoms with van der Waals surface area (Å²) in [6, 6.07) is 10.9. The fourth-order valence-electron chi connectivity index (χ4n) is 1.46. The highest BCUT2D eigenvalue weighted by Gasteiger charge is 2.03. The van der Waals surface area contributed by atoms with E-state index in [1.54, 1.807) is 30.6 Å². The topological polar surface area (TPSA) is 72.5 Å². The van der Waals surface area contributed by atoms with E-state index < -0.39 is 0 Å². The first-order valence-corrected chi connectivity index (χ1v) is 5.84. The van der Waals surface area contributed by atoms with E-state index in [2.05, 4.69) is 26.2 Å². The molecule has 1 aromatic carbocycles. The van der Waals surface area contributed by atoms with Crippen LogP contribution in [0.15, 0.2) is 41.1 Å². The third-order valence-corrected chi connectivity index (χ3v) is 2.69. The van der Waals surface area contributed by atoms with Crippen molar-refractivity contribution in [2.45, 2.75) is 0 Å². The zero-order valence-corrected chi connectivity index (χ0v) is 10.8. The van der Waals surface area contributed by atoms with Crippen molar-refractivity contribution in [3.8, 4) is 12.1 Å². The highest BCUT2D eigenvalue weighted by atomic mass is 79.9. The van der Waals surface area contributed by atoms with Crippen LogP contribution in [0.3, 0.4) is 0 Å². The second-order valence-corrected chi connectivity index (χ2v) is 4.42. The number of pyridine rings is 1. The number of nitrogens with zero attached hydrogens (tertiary/aromatic N) is 3. The minimum Gasteiger partial charge on any atom is -0.354 e. The van der Waals surface area contributed by atoms with Gasteiger partial charge in [0.15, 0.2) is 0 Å². The highest BCUT2D eigenvalue weighted by Crippen LogP contribution is 2.21. The van der Waals surface area contributed by atoms with Gasteiger partial charge in [-0.25, -0.2) is 0 Å². The van der Waals surface area contributed by atoms with Crippen LogP contribution in [0, 0.1) is 22.7 Å². The molecular weight excluding hydrogens is 292 g/mol. The Kier molecular flexibility index (Phi) is 3.57. The molecule has 0 saturated carbocycles. The molecule has 0 amide bonds. The lowest BCUT2D eigenvalue weighted by Crippen LogP contribution is -1.93. The summed E-state index contributed by atoms with van der Waals surface area (Å²) in [6.45, 7) is 0. The van der Waals surface area contributed by atoms with Gasteiger partial charge >= 0.3 is 0 Å². The molecule has 1 N–H and O–H groups in total. The summed E-state index contributed by atoms with van der Waals surface area (Å²) in [6.07, 6.45) is 3.36. The SMILES string of the molecule is N#Cc1ccc(Nc2cncc(Br)c2)cc1C#N. The lowest BCUT2D eigenvalue weighted by Gasteiger charge is -2.07. The maximum Gasteiger partial charge on any atom is 0.101 e. The van der Waals surface area contributed by atoms with E-state index >= 15 is 0 Å². The second-order valence-electron chi connectivity index (χ2n) is 3.50. The molecule has 0 radical (unpaired) electrons. The van der Waals surface area contributed by atoms with E-state index in [-0.39, 0.29) is 0 Å². The predicted octanol–water partition coefficient (Wildman–Crippen LogP) is 3.33. The van der Waals surface area contributed by atoms with Crippen molar-refractivity contribution in [2.75, 3.05) is 5.32 Å². The van der Waals surface area contributed by atoms with E-state index in [4.69, 9.17) is 10.5 Å². The van der Waals surface area contributed by atoms with E-state index in [0.29, 0.717) is 11.1 Å². The van der Waals surface area contributed by atoms with Gasteiger partial charge in [0.05, 0.1) is 23.0 Å². The Morgan fingerprint density at radius 1 is 1.00 bits per heavy atom. The van der Waals surface area contributed by atoms with Gasteiger partial charge in [-0.3, -0.25) is 4.98 Å². The fraction of sp³-hybridized carbons (Fsp3) is 0. The first-order valence-electron chi connectivity index (χ1n) is 5.05. The Morgan fingerprint density at radius 3 is 2.44 bits per heavy atom. The van der Waals surface area contributed by atoms with Crippen LogP contribution in [-0.2, 0) is 0 Å². The molecule has 0 bridgehead atoms. The largest absolute Gasteiger partial charge is 0.354 e. The van der Waals surface area contributed by atoms with Gasteiger partial charge in [-0.2, -0.15) is 10.5 Å². The minimum absolute atomic E-state index is 0.352. The number of halogens is 1. The molecule has 1 heterocycles. The van der Waals surface area contributed by atoms with Crippen LogP contribution in [0.25, 0.3) is 0 Å². The lowest BCUT2D eigenvalue weighted by atomic mass is 10.1. The molecule has 0 aliphatic heterocycles. The molecule has 5 heteroatoms. The zero-order valence-electron chi connectivity index (χ0n) is 9.18. The van der Waals surface area contributed by atoms with Crippen LogP contribution in [0.2, 0.25) is 0 Å². The summed E-state index contributed by atoms with van der Waals surface area (Å²) in [5.41, 5.74) is 2.27. The van der Waals surface area contributed by atoms with Gasteiger partial charge in [0, 0.05) is 16.4 Å². The molecule has 0 aliphatic carbocycles. The molecule has 2 rings (SSSR count). The summed E-state index contributed by atoms with van der Waals surface area (Å²) < 4.78 is 0.863. The van der Waals surface area contributed by atoms with Gasteiger partial charge in [-0.1, -0.05) is 0 Å². The van der Waals surface area contributed by atoms with Gasteiger partial charge in [-0.15, -0.1) is 0 Å². The normalized spacial score (nSPS) is 9.28. The van der Waals surface area contributed by atoms with Gasteiger partial charge in [0.25, 0.3) is 0 Å². The molecule has 0 aliphatic rings.